The van der Waals surface area contributed by atoms with Gasteiger partial charge in [-0.3, -0.25) is 37.3 Å². The van der Waals surface area contributed by atoms with E-state index in [1.165, 1.54) is 148 Å². The second kappa shape index (κ2) is 59.1. The van der Waals surface area contributed by atoms with Crippen molar-refractivity contribution in [3.8, 4) is 0 Å². The van der Waals surface area contributed by atoms with Gasteiger partial charge >= 0.3 is 39.5 Å². The number of hydrogen-bond donors (Lipinski definition) is 3. The van der Waals surface area contributed by atoms with E-state index in [0.717, 1.165) is 108 Å². The Morgan fingerprint density at radius 1 is 0.333 bits per heavy atom. The number of carbonyl (C=O) groups excluding carboxylic acids is 4. The minimum absolute atomic E-state index is 0.103. The molecule has 0 saturated heterocycles. The van der Waals surface area contributed by atoms with Gasteiger partial charge in [0, 0.05) is 25.7 Å². The molecule has 0 aromatic rings. The van der Waals surface area contributed by atoms with Crippen molar-refractivity contribution in [2.24, 2.45) is 17.8 Å². The van der Waals surface area contributed by atoms with Crippen molar-refractivity contribution in [1.82, 2.24) is 0 Å². The molecule has 0 aliphatic carbocycles. The summed E-state index contributed by atoms with van der Waals surface area (Å²) in [5.41, 5.74) is 0. The Hall–Kier alpha value is -1.94. The first-order chi connectivity index (χ1) is 41.8. The molecular weight excluding hydrogens is 1150 g/mol. The molecule has 516 valence electrons. The van der Waals surface area contributed by atoms with Gasteiger partial charge in [0.1, 0.15) is 19.3 Å². The minimum Gasteiger partial charge on any atom is -0.462 e. The SMILES string of the molecule is CCCCCCCCCCCCC(=O)OC[C@H](COP(=O)(O)OC[C@H](O)COP(=O)(O)OC[C@@H](COC(=O)CCCCCCCCCCC(C)CC)OC(=O)CCCCCCCCCCCCCCC(C)C)OC(=O)CCCCCCCCC(C)CC. The van der Waals surface area contributed by atoms with Gasteiger partial charge in [-0.15, -0.1) is 0 Å². The predicted octanol–water partition coefficient (Wildman–Crippen LogP) is 19.1. The van der Waals surface area contributed by atoms with Crippen LogP contribution in [0.25, 0.3) is 0 Å². The number of phosphoric ester groups is 2. The number of aliphatic hydroxyl groups is 1. The molecule has 7 atom stereocenters. The summed E-state index contributed by atoms with van der Waals surface area (Å²) in [6.07, 6.45) is 41.6. The summed E-state index contributed by atoms with van der Waals surface area (Å²) in [5.74, 6) is 0.143. The van der Waals surface area contributed by atoms with Crippen molar-refractivity contribution in [3.63, 3.8) is 0 Å². The zero-order chi connectivity index (χ0) is 64.5. The molecule has 87 heavy (non-hydrogen) atoms. The monoisotopic (exact) mass is 1280 g/mol. The lowest BCUT2D eigenvalue weighted by molar-refractivity contribution is -0.161. The van der Waals surface area contributed by atoms with Crippen LogP contribution < -0.4 is 0 Å². The lowest BCUT2D eigenvalue weighted by Crippen LogP contribution is -2.30. The lowest BCUT2D eigenvalue weighted by Gasteiger charge is -2.21. The van der Waals surface area contributed by atoms with Crippen molar-refractivity contribution in [2.75, 3.05) is 39.6 Å². The minimum atomic E-state index is -4.95. The highest BCUT2D eigenvalue weighted by atomic mass is 31.2. The largest absolute Gasteiger partial charge is 0.472 e. The van der Waals surface area contributed by atoms with Gasteiger partial charge in [-0.2, -0.15) is 0 Å². The van der Waals surface area contributed by atoms with Crippen LogP contribution in [0.5, 0.6) is 0 Å². The number of rotatable bonds is 66. The molecule has 0 bridgehead atoms. The van der Waals surface area contributed by atoms with Crippen LogP contribution in [0.2, 0.25) is 0 Å². The van der Waals surface area contributed by atoms with Gasteiger partial charge in [-0.05, 0) is 43.4 Å². The molecule has 0 saturated carbocycles. The van der Waals surface area contributed by atoms with Gasteiger partial charge in [-0.25, -0.2) is 9.13 Å². The third-order valence-corrected chi connectivity index (χ3v) is 18.3. The number of aliphatic hydroxyl groups excluding tert-OH is 1. The maximum absolute atomic E-state index is 13.0. The molecule has 0 aromatic carbocycles. The molecule has 19 heteroatoms. The summed E-state index contributed by atoms with van der Waals surface area (Å²) in [6, 6.07) is 0. The smallest absolute Gasteiger partial charge is 0.462 e. The first-order valence-electron chi connectivity index (χ1n) is 35.4. The number of carbonyl (C=O) groups is 4. The normalized spacial score (nSPS) is 14.9. The van der Waals surface area contributed by atoms with Gasteiger partial charge < -0.3 is 33.8 Å². The van der Waals surface area contributed by atoms with Crippen LogP contribution in [-0.4, -0.2) is 96.7 Å². The highest BCUT2D eigenvalue weighted by Gasteiger charge is 2.30. The predicted molar refractivity (Wildman–Crippen MR) is 349 cm³/mol. The van der Waals surface area contributed by atoms with Crippen LogP contribution in [0.1, 0.15) is 337 Å². The summed E-state index contributed by atoms with van der Waals surface area (Å²) >= 11 is 0. The van der Waals surface area contributed by atoms with Gasteiger partial charge in [-0.1, -0.05) is 286 Å². The fourth-order valence-electron chi connectivity index (χ4n) is 10.1. The average molecular weight is 1280 g/mol. The average Bonchev–Trinajstić information content (AvgIpc) is 3.70. The van der Waals surface area contributed by atoms with E-state index in [4.69, 9.17) is 37.0 Å². The molecule has 4 unspecified atom stereocenters. The van der Waals surface area contributed by atoms with Crippen molar-refractivity contribution in [3.05, 3.63) is 0 Å². The molecule has 0 aliphatic rings. The van der Waals surface area contributed by atoms with Crippen LogP contribution >= 0.6 is 15.6 Å². The molecule has 0 rings (SSSR count). The standard InChI is InChI=1S/C68H132O17P2/c1-8-11-12-13-14-15-21-27-35-42-49-65(70)78-56-64(85-68(73)52-45-38-31-30-34-41-48-61(7)10-3)58-83-87(76,77)81-54-62(69)53-80-86(74,75)82-57-63(55-79-66(71)50-43-36-28-24-23-26-33-40-47-60(6)9-2)84-67(72)51-44-37-29-22-19-17-16-18-20-25-32-39-46-59(4)5/h59-64,69H,8-58H2,1-7H3,(H,74,75)(H,76,77)/t60?,61?,62-,63-,64-/m1/s1. The Morgan fingerprint density at radius 2 is 0.586 bits per heavy atom. The van der Waals surface area contributed by atoms with E-state index in [1.807, 2.05) is 0 Å². The second-order valence-corrected chi connectivity index (χ2v) is 28.4. The number of unbranched alkanes of at least 4 members (excludes halogenated alkanes) is 32. The van der Waals surface area contributed by atoms with E-state index in [0.29, 0.717) is 25.7 Å². The van der Waals surface area contributed by atoms with E-state index in [2.05, 4.69) is 48.5 Å². The molecule has 0 aliphatic heterocycles. The van der Waals surface area contributed by atoms with Crippen LogP contribution in [0, 0.1) is 17.8 Å². The summed E-state index contributed by atoms with van der Waals surface area (Å²) < 4.78 is 68.2. The molecular formula is C68H132O17P2. The van der Waals surface area contributed by atoms with Crippen LogP contribution in [-0.2, 0) is 65.4 Å². The number of ether oxygens (including phenoxy) is 4. The highest BCUT2D eigenvalue weighted by molar-refractivity contribution is 7.47. The van der Waals surface area contributed by atoms with Crippen molar-refractivity contribution in [1.29, 1.82) is 0 Å². The number of phosphoric acid groups is 2. The summed E-state index contributed by atoms with van der Waals surface area (Å²) in [4.78, 5) is 72.4. The Bertz CT molecular complexity index is 1720. The molecule has 17 nitrogen and oxygen atoms in total. The fraction of sp³-hybridized carbons (Fsp3) is 0.941. The summed E-state index contributed by atoms with van der Waals surface area (Å²) in [5, 5.41) is 10.6. The van der Waals surface area contributed by atoms with Crippen LogP contribution in [0.15, 0.2) is 0 Å². The first-order valence-corrected chi connectivity index (χ1v) is 38.4. The molecule has 0 amide bonds. The maximum atomic E-state index is 13.0. The van der Waals surface area contributed by atoms with Gasteiger partial charge in [0.2, 0.25) is 0 Å². The van der Waals surface area contributed by atoms with Gasteiger partial charge in [0.15, 0.2) is 12.2 Å². The van der Waals surface area contributed by atoms with E-state index < -0.39 is 97.5 Å². The van der Waals surface area contributed by atoms with E-state index >= 15 is 0 Å². The molecule has 0 spiro atoms. The molecule has 3 N–H and O–H groups in total. The van der Waals surface area contributed by atoms with Crippen LogP contribution in [0.3, 0.4) is 0 Å². The zero-order valence-electron chi connectivity index (χ0n) is 56.5. The summed E-state index contributed by atoms with van der Waals surface area (Å²) in [7, 11) is -9.90. The van der Waals surface area contributed by atoms with Gasteiger partial charge in [0.25, 0.3) is 0 Å². The highest BCUT2D eigenvalue weighted by Crippen LogP contribution is 2.45. The summed E-state index contributed by atoms with van der Waals surface area (Å²) in [6.45, 7) is 11.8. The third kappa shape index (κ3) is 60.1. The van der Waals surface area contributed by atoms with E-state index in [1.54, 1.807) is 0 Å². The quantitative estimate of drug-likeness (QED) is 0.0222. The Morgan fingerprint density at radius 3 is 0.874 bits per heavy atom. The van der Waals surface area contributed by atoms with Crippen molar-refractivity contribution in [2.45, 2.75) is 356 Å². The number of esters is 4. The topological polar surface area (TPSA) is 237 Å². The Kier molecular flexibility index (Phi) is 57.8. The van der Waals surface area contributed by atoms with Crippen LogP contribution in [0.4, 0.5) is 0 Å². The zero-order valence-corrected chi connectivity index (χ0v) is 58.3. The second-order valence-electron chi connectivity index (χ2n) is 25.5. The van der Waals surface area contributed by atoms with E-state index in [9.17, 15) is 43.2 Å². The first kappa shape index (κ1) is 85.1. The Balaban J connectivity index is 5.25. The third-order valence-electron chi connectivity index (χ3n) is 16.4. The molecule has 0 aromatic heterocycles. The number of hydrogen-bond acceptors (Lipinski definition) is 15. The molecule has 0 fully saturated rings. The Labute approximate surface area is 530 Å². The van der Waals surface area contributed by atoms with E-state index in [-0.39, 0.29) is 25.7 Å². The molecule has 0 heterocycles. The fourth-order valence-corrected chi connectivity index (χ4v) is 11.7. The van der Waals surface area contributed by atoms with Gasteiger partial charge in [0.05, 0.1) is 26.4 Å². The van der Waals surface area contributed by atoms with Crippen molar-refractivity contribution >= 4 is 39.5 Å². The lowest BCUT2D eigenvalue weighted by atomic mass is 9.99. The van der Waals surface area contributed by atoms with Crippen molar-refractivity contribution < 1.29 is 80.2 Å². The maximum Gasteiger partial charge on any atom is 0.472 e. The molecule has 0 radical (unpaired) electrons.